The van der Waals surface area contributed by atoms with Crippen LogP contribution in [0, 0.1) is 0 Å². The molecule has 0 bridgehead atoms. The minimum Gasteiger partial charge on any atom is -0.467 e. The summed E-state index contributed by atoms with van der Waals surface area (Å²) in [6.45, 7) is 3.94. The van der Waals surface area contributed by atoms with Crippen LogP contribution in [0.25, 0.3) is 0 Å². The van der Waals surface area contributed by atoms with Crippen LogP contribution in [-0.2, 0) is 27.3 Å². The van der Waals surface area contributed by atoms with Gasteiger partial charge in [-0.05, 0) is 24.1 Å². The van der Waals surface area contributed by atoms with Crippen LogP contribution in [0.3, 0.4) is 0 Å². The molecule has 138 valence electrons. The summed E-state index contributed by atoms with van der Waals surface area (Å²) in [7, 11) is 1.35. The Kier molecular flexibility index (Phi) is 7.40. The van der Waals surface area contributed by atoms with E-state index in [-0.39, 0.29) is 25.0 Å². The van der Waals surface area contributed by atoms with Crippen LogP contribution in [-0.4, -0.2) is 66.2 Å². The average molecular weight is 348 g/mol. The Labute approximate surface area is 149 Å². The zero-order valence-corrected chi connectivity index (χ0v) is 15.1. The minimum atomic E-state index is -0.588. The molecule has 1 aromatic rings. The molecular formula is C19H28N2O4. The Morgan fingerprint density at radius 1 is 1.28 bits per heavy atom. The van der Waals surface area contributed by atoms with Crippen LogP contribution in [0.2, 0.25) is 0 Å². The second kappa shape index (κ2) is 9.53. The van der Waals surface area contributed by atoms with Crippen LogP contribution in [0.4, 0.5) is 0 Å². The molecule has 1 aliphatic heterocycles. The van der Waals surface area contributed by atoms with Gasteiger partial charge in [-0.25, -0.2) is 4.79 Å². The van der Waals surface area contributed by atoms with Gasteiger partial charge in [0.25, 0.3) is 0 Å². The highest BCUT2D eigenvalue weighted by molar-refractivity contribution is 5.86. The van der Waals surface area contributed by atoms with Gasteiger partial charge in [0.2, 0.25) is 5.91 Å². The van der Waals surface area contributed by atoms with Crippen molar-refractivity contribution < 1.29 is 19.4 Å². The van der Waals surface area contributed by atoms with E-state index >= 15 is 0 Å². The maximum atomic E-state index is 12.9. The number of unbranched alkanes of at least 4 members (excludes halogenated alkanes) is 1. The first-order chi connectivity index (χ1) is 12.1. The minimum absolute atomic E-state index is 0.0141. The third-order valence-electron chi connectivity index (χ3n) is 4.65. The summed E-state index contributed by atoms with van der Waals surface area (Å²) in [5.41, 5.74) is 2.15. The molecule has 0 aliphatic carbocycles. The van der Waals surface area contributed by atoms with Crippen LogP contribution in [0.1, 0.15) is 30.9 Å². The molecule has 0 aromatic heterocycles. The first kappa shape index (κ1) is 19.4. The maximum absolute atomic E-state index is 12.9. The zero-order valence-electron chi connectivity index (χ0n) is 15.1. The van der Waals surface area contributed by atoms with E-state index in [0.29, 0.717) is 19.5 Å². The summed E-state index contributed by atoms with van der Waals surface area (Å²) >= 11 is 0. The summed E-state index contributed by atoms with van der Waals surface area (Å²) in [5, 5.41) is 9.23. The molecule has 1 atom stereocenters. The van der Waals surface area contributed by atoms with E-state index in [2.05, 4.69) is 6.92 Å². The third-order valence-corrected chi connectivity index (χ3v) is 4.65. The number of ether oxygens (including phenoxy) is 1. The van der Waals surface area contributed by atoms with Crippen molar-refractivity contribution >= 4 is 11.9 Å². The highest BCUT2D eigenvalue weighted by Crippen LogP contribution is 2.24. The molecule has 0 saturated heterocycles. The first-order valence-corrected chi connectivity index (χ1v) is 8.88. The van der Waals surface area contributed by atoms with Crippen LogP contribution >= 0.6 is 0 Å². The van der Waals surface area contributed by atoms with E-state index in [9.17, 15) is 14.7 Å². The number of carbonyl (C=O) groups excluding carboxylic acids is 2. The van der Waals surface area contributed by atoms with Gasteiger partial charge in [0.05, 0.1) is 20.3 Å². The summed E-state index contributed by atoms with van der Waals surface area (Å²) in [5.74, 6) is -0.487. The van der Waals surface area contributed by atoms with Crippen molar-refractivity contribution in [2.75, 3.05) is 33.4 Å². The average Bonchev–Trinajstić information content (AvgIpc) is 2.64. The molecule has 2 rings (SSSR count). The molecule has 1 N–H and O–H groups in total. The number of aliphatic hydroxyl groups excluding tert-OH is 1. The Morgan fingerprint density at radius 2 is 2.00 bits per heavy atom. The summed E-state index contributed by atoms with van der Waals surface area (Å²) in [4.78, 5) is 28.6. The smallest absolute Gasteiger partial charge is 0.328 e. The van der Waals surface area contributed by atoms with E-state index in [1.54, 1.807) is 4.90 Å². The number of esters is 1. The Balaban J connectivity index is 2.15. The molecule has 25 heavy (non-hydrogen) atoms. The van der Waals surface area contributed by atoms with Crippen molar-refractivity contribution in [1.82, 2.24) is 9.80 Å². The predicted molar refractivity (Wildman–Crippen MR) is 94.9 cm³/mol. The highest BCUT2D eigenvalue weighted by atomic mass is 16.5. The van der Waals surface area contributed by atoms with Gasteiger partial charge in [-0.2, -0.15) is 0 Å². The maximum Gasteiger partial charge on any atom is 0.328 e. The van der Waals surface area contributed by atoms with Gasteiger partial charge < -0.3 is 14.7 Å². The monoisotopic (exact) mass is 348 g/mol. The quantitative estimate of drug-likeness (QED) is 0.715. The second-order valence-corrected chi connectivity index (χ2v) is 6.39. The molecule has 6 nitrogen and oxygen atoms in total. The van der Waals surface area contributed by atoms with Gasteiger partial charge in [0, 0.05) is 19.5 Å². The highest BCUT2D eigenvalue weighted by Gasteiger charge is 2.35. The molecule has 1 aliphatic rings. The van der Waals surface area contributed by atoms with Crippen LogP contribution in [0.15, 0.2) is 24.3 Å². The lowest BCUT2D eigenvalue weighted by molar-refractivity contribution is -0.154. The largest absolute Gasteiger partial charge is 0.467 e. The van der Waals surface area contributed by atoms with Crippen molar-refractivity contribution in [2.45, 2.75) is 38.8 Å². The van der Waals surface area contributed by atoms with Gasteiger partial charge in [0.1, 0.15) is 6.04 Å². The standard InChI is InChI=1S/C19H28N2O4/c1-3-4-9-20(10-11-22)14-18(23)21-13-16-8-6-5-7-15(16)12-17(21)19(24)25-2/h5-8,17,22H,3-4,9-14H2,1-2H3/t17-/m0/s1. The summed E-state index contributed by atoms with van der Waals surface area (Å²) in [6, 6.07) is 7.28. The van der Waals surface area contributed by atoms with E-state index in [0.717, 1.165) is 30.5 Å². The van der Waals surface area contributed by atoms with Gasteiger partial charge in [0.15, 0.2) is 0 Å². The number of hydrogen-bond donors (Lipinski definition) is 1. The fourth-order valence-corrected chi connectivity index (χ4v) is 3.21. The van der Waals surface area contributed by atoms with Crippen molar-refractivity contribution in [3.05, 3.63) is 35.4 Å². The van der Waals surface area contributed by atoms with Crippen molar-refractivity contribution in [2.24, 2.45) is 0 Å². The fraction of sp³-hybridized carbons (Fsp3) is 0.579. The topological polar surface area (TPSA) is 70.1 Å². The Morgan fingerprint density at radius 3 is 2.64 bits per heavy atom. The number of fused-ring (bicyclic) bond motifs is 1. The number of benzene rings is 1. The lowest BCUT2D eigenvalue weighted by Crippen LogP contribution is -2.52. The number of methoxy groups -OCH3 is 1. The molecule has 0 fully saturated rings. The normalized spacial score (nSPS) is 16.6. The molecule has 0 saturated carbocycles. The number of hydrogen-bond acceptors (Lipinski definition) is 5. The molecule has 0 spiro atoms. The van der Waals surface area contributed by atoms with Gasteiger partial charge in [-0.15, -0.1) is 0 Å². The Hall–Kier alpha value is -1.92. The SMILES string of the molecule is CCCCN(CCO)CC(=O)N1Cc2ccccc2C[C@H]1C(=O)OC. The number of rotatable bonds is 8. The molecule has 0 unspecified atom stereocenters. The van der Waals surface area contributed by atoms with Crippen molar-refractivity contribution in [3.63, 3.8) is 0 Å². The van der Waals surface area contributed by atoms with Gasteiger partial charge in [-0.3, -0.25) is 9.69 Å². The van der Waals surface area contributed by atoms with Crippen LogP contribution < -0.4 is 0 Å². The predicted octanol–water partition coefficient (Wildman–Crippen LogP) is 1.21. The van der Waals surface area contributed by atoms with Crippen LogP contribution in [0.5, 0.6) is 0 Å². The third kappa shape index (κ3) is 5.03. The molecule has 6 heteroatoms. The molecule has 1 heterocycles. The zero-order chi connectivity index (χ0) is 18.2. The van der Waals surface area contributed by atoms with E-state index in [4.69, 9.17) is 4.74 Å². The van der Waals surface area contributed by atoms with E-state index in [1.165, 1.54) is 7.11 Å². The second-order valence-electron chi connectivity index (χ2n) is 6.39. The van der Waals surface area contributed by atoms with E-state index in [1.807, 2.05) is 29.2 Å². The Bertz CT molecular complexity index is 591. The number of aliphatic hydroxyl groups is 1. The lowest BCUT2D eigenvalue weighted by atomic mass is 9.94. The molecule has 0 radical (unpaired) electrons. The molecule has 1 amide bonds. The van der Waals surface area contributed by atoms with E-state index < -0.39 is 6.04 Å². The first-order valence-electron chi connectivity index (χ1n) is 8.88. The fourth-order valence-electron chi connectivity index (χ4n) is 3.21. The van der Waals surface area contributed by atoms with Crippen molar-refractivity contribution in [3.8, 4) is 0 Å². The van der Waals surface area contributed by atoms with Gasteiger partial charge in [-0.1, -0.05) is 37.6 Å². The van der Waals surface area contributed by atoms with Crippen molar-refractivity contribution in [1.29, 1.82) is 0 Å². The van der Waals surface area contributed by atoms with Gasteiger partial charge >= 0.3 is 5.97 Å². The molecule has 1 aromatic carbocycles. The summed E-state index contributed by atoms with van der Waals surface area (Å²) < 4.78 is 4.92. The summed E-state index contributed by atoms with van der Waals surface area (Å²) in [6.07, 6.45) is 2.47. The molecular weight excluding hydrogens is 320 g/mol. The number of amides is 1. The number of nitrogens with zero attached hydrogens (tertiary/aromatic N) is 2. The lowest BCUT2D eigenvalue weighted by Gasteiger charge is -2.36. The number of carbonyl (C=O) groups is 2.